The number of carbonyl (C=O) groups is 1. The Morgan fingerprint density at radius 2 is 1.74 bits per heavy atom. The van der Waals surface area contributed by atoms with Crippen molar-refractivity contribution in [1.82, 2.24) is 4.68 Å². The summed E-state index contributed by atoms with van der Waals surface area (Å²) >= 11 is 0. The average Bonchev–Trinajstić information content (AvgIpc) is 3.12. The third-order valence-corrected chi connectivity index (χ3v) is 5.63. The maximum absolute atomic E-state index is 11.2. The van der Waals surface area contributed by atoms with E-state index in [9.17, 15) is 10.1 Å². The number of hydrogen-bond acceptors (Lipinski definition) is 6. The summed E-state index contributed by atoms with van der Waals surface area (Å²) in [5.41, 5.74) is 4.72. The van der Waals surface area contributed by atoms with Gasteiger partial charge in [0.05, 0.1) is 23.0 Å². The van der Waals surface area contributed by atoms with Crippen LogP contribution in [0.2, 0.25) is 0 Å². The van der Waals surface area contributed by atoms with Crippen LogP contribution in [0.3, 0.4) is 0 Å². The molecule has 1 heterocycles. The van der Waals surface area contributed by atoms with E-state index in [4.69, 9.17) is 10.6 Å². The number of nitrogens with zero attached hydrogens (tertiary/aromatic N) is 2. The molecule has 4 rings (SSSR count). The van der Waals surface area contributed by atoms with Crippen LogP contribution < -0.4 is 21.2 Å². The van der Waals surface area contributed by atoms with Gasteiger partial charge in [0.2, 0.25) is 0 Å². The second-order valence-corrected chi connectivity index (χ2v) is 8.21. The number of carbonyl (C=O) groups excluding carboxylic acids is 1. The fraction of sp³-hybridized carbons (Fsp3) is 0.188. The molecular formula is C32H37N5O2. The van der Waals surface area contributed by atoms with Gasteiger partial charge in [-0.15, -0.1) is 0 Å². The molecule has 0 spiro atoms. The number of aldehydes is 1. The standard InChI is InChI=1S/C23H22N4O2.C7H9N.C2H6/c1-16(13-24)22(23-17(2)18(15-28)14-27(23)25)26-19-9-11-21(12-10-19)29-20-7-5-3-4-6-8-20;1-8-7-5-3-2-4-6-7;1-2/h3-7,9-12,14-15,26H,8,25H2,1-2H3;2-6,8H,1H3;1-2H3/b22-16-;;. The zero-order valence-electron chi connectivity index (χ0n) is 23.2. The van der Waals surface area contributed by atoms with E-state index in [0.717, 1.165) is 35.6 Å². The molecule has 7 nitrogen and oxygen atoms in total. The van der Waals surface area contributed by atoms with Gasteiger partial charge in [-0.2, -0.15) is 5.26 Å². The van der Waals surface area contributed by atoms with E-state index in [1.807, 2.05) is 106 Å². The number of nitrogens with two attached hydrogens (primary N) is 1. The molecule has 0 atom stereocenters. The van der Waals surface area contributed by atoms with Crippen LogP contribution in [-0.2, 0) is 0 Å². The van der Waals surface area contributed by atoms with Crippen molar-refractivity contribution in [1.29, 1.82) is 5.26 Å². The number of nitrogen functional groups attached to an aromatic ring is 1. The van der Waals surface area contributed by atoms with Crippen LogP contribution in [0.25, 0.3) is 5.70 Å². The highest BCUT2D eigenvalue weighted by Crippen LogP contribution is 2.28. The number of ether oxygens (including phenoxy) is 1. The summed E-state index contributed by atoms with van der Waals surface area (Å²) in [5, 5.41) is 15.7. The average molecular weight is 524 g/mol. The summed E-state index contributed by atoms with van der Waals surface area (Å²) in [6.07, 6.45) is 12.9. The highest BCUT2D eigenvalue weighted by atomic mass is 16.5. The van der Waals surface area contributed by atoms with Crippen LogP contribution >= 0.6 is 0 Å². The van der Waals surface area contributed by atoms with E-state index in [1.54, 1.807) is 20.0 Å². The van der Waals surface area contributed by atoms with Crippen molar-refractivity contribution in [2.75, 3.05) is 23.5 Å². The fourth-order valence-corrected chi connectivity index (χ4v) is 3.60. The number of rotatable bonds is 7. The third kappa shape index (κ3) is 8.83. The highest BCUT2D eigenvalue weighted by molar-refractivity contribution is 5.86. The van der Waals surface area contributed by atoms with Gasteiger partial charge in [-0.3, -0.25) is 9.47 Å². The predicted molar refractivity (Wildman–Crippen MR) is 162 cm³/mol. The quantitative estimate of drug-likeness (QED) is 0.171. The lowest BCUT2D eigenvalue weighted by molar-refractivity contribution is 0.112. The summed E-state index contributed by atoms with van der Waals surface area (Å²) < 4.78 is 7.27. The van der Waals surface area contributed by atoms with Gasteiger partial charge in [-0.05, 0) is 61.9 Å². The number of nitrogens with one attached hydrogen (secondary N) is 2. The molecule has 1 aromatic heterocycles. The topological polar surface area (TPSA) is 105 Å². The van der Waals surface area contributed by atoms with Gasteiger partial charge < -0.3 is 21.2 Å². The minimum atomic E-state index is 0.456. The number of hydrogen-bond donors (Lipinski definition) is 3. The maximum Gasteiger partial charge on any atom is 0.151 e. The molecule has 1 aliphatic rings. The van der Waals surface area contributed by atoms with Crippen molar-refractivity contribution >= 4 is 23.4 Å². The van der Waals surface area contributed by atoms with Crippen LogP contribution in [0.15, 0.2) is 103 Å². The van der Waals surface area contributed by atoms with Crippen molar-refractivity contribution in [3.8, 4) is 11.8 Å². The molecule has 0 saturated heterocycles. The summed E-state index contributed by atoms with van der Waals surface area (Å²) in [7, 11) is 1.91. The maximum atomic E-state index is 11.2. The van der Waals surface area contributed by atoms with Gasteiger partial charge in [-0.25, -0.2) is 0 Å². The lowest BCUT2D eigenvalue weighted by Crippen LogP contribution is -2.15. The third-order valence-electron chi connectivity index (χ3n) is 5.63. The molecule has 0 radical (unpaired) electrons. The largest absolute Gasteiger partial charge is 0.461 e. The number of nitriles is 1. The van der Waals surface area contributed by atoms with E-state index < -0.39 is 0 Å². The van der Waals surface area contributed by atoms with Crippen LogP contribution in [0, 0.1) is 18.3 Å². The number of aromatic nitrogens is 1. The lowest BCUT2D eigenvalue weighted by atomic mass is 10.1. The molecule has 0 aliphatic heterocycles. The van der Waals surface area contributed by atoms with Crippen molar-refractivity contribution < 1.29 is 9.53 Å². The molecule has 3 aromatic rings. The van der Waals surface area contributed by atoms with Gasteiger partial charge in [0.15, 0.2) is 6.29 Å². The molecule has 202 valence electrons. The molecule has 0 unspecified atom stereocenters. The van der Waals surface area contributed by atoms with Crippen molar-refractivity contribution in [3.05, 3.63) is 119 Å². The van der Waals surface area contributed by atoms with Crippen LogP contribution in [0.5, 0.6) is 5.75 Å². The van der Waals surface area contributed by atoms with Gasteiger partial charge in [0.1, 0.15) is 11.5 Å². The number of allylic oxidation sites excluding steroid dienone is 6. The zero-order chi connectivity index (χ0) is 28.6. The molecule has 0 bridgehead atoms. The first-order valence-electron chi connectivity index (χ1n) is 12.8. The summed E-state index contributed by atoms with van der Waals surface area (Å²) in [6.45, 7) is 7.50. The first kappa shape index (κ1) is 30.3. The highest BCUT2D eigenvalue weighted by Gasteiger charge is 2.17. The molecule has 4 N–H and O–H groups in total. The van der Waals surface area contributed by atoms with Crippen molar-refractivity contribution in [2.45, 2.75) is 34.1 Å². The van der Waals surface area contributed by atoms with Crippen molar-refractivity contribution in [2.24, 2.45) is 0 Å². The SMILES string of the molecule is C/C(C#N)=C(/Nc1ccc(OC2=CC=CC=CC2)cc1)c1c(C)c(C=O)cn1N.CC.CNc1ccccc1. The monoisotopic (exact) mass is 523 g/mol. The van der Waals surface area contributed by atoms with Crippen LogP contribution in [-0.4, -0.2) is 18.0 Å². The minimum absolute atomic E-state index is 0.456. The first-order valence-corrected chi connectivity index (χ1v) is 12.8. The van der Waals surface area contributed by atoms with Gasteiger partial charge in [-0.1, -0.05) is 56.4 Å². The zero-order valence-corrected chi connectivity index (χ0v) is 23.2. The number of benzene rings is 2. The second-order valence-electron chi connectivity index (χ2n) is 8.21. The second kappa shape index (κ2) is 16.0. The van der Waals surface area contributed by atoms with Gasteiger partial charge in [0.25, 0.3) is 0 Å². The summed E-state index contributed by atoms with van der Waals surface area (Å²) in [6, 6.07) is 19.7. The van der Waals surface area contributed by atoms with Crippen molar-refractivity contribution in [3.63, 3.8) is 0 Å². The Balaban J connectivity index is 0.000000451. The van der Waals surface area contributed by atoms with Gasteiger partial charge >= 0.3 is 0 Å². The molecule has 2 aromatic carbocycles. The molecule has 0 saturated carbocycles. The Hall–Kier alpha value is -4.96. The van der Waals surface area contributed by atoms with E-state index in [0.29, 0.717) is 28.1 Å². The molecule has 7 heteroatoms. The Morgan fingerprint density at radius 3 is 2.31 bits per heavy atom. The summed E-state index contributed by atoms with van der Waals surface area (Å²) in [5.74, 6) is 7.62. The molecular weight excluding hydrogens is 486 g/mol. The van der Waals surface area contributed by atoms with Gasteiger partial charge in [0, 0.05) is 36.6 Å². The summed E-state index contributed by atoms with van der Waals surface area (Å²) in [4.78, 5) is 11.2. The Morgan fingerprint density at radius 1 is 1.05 bits per heavy atom. The lowest BCUT2D eigenvalue weighted by Gasteiger charge is -2.15. The molecule has 39 heavy (non-hydrogen) atoms. The molecule has 1 aliphatic carbocycles. The number of para-hydroxylation sites is 1. The Labute approximate surface area is 231 Å². The fourth-order valence-electron chi connectivity index (χ4n) is 3.60. The smallest absolute Gasteiger partial charge is 0.151 e. The number of anilines is 2. The normalized spacial score (nSPS) is 12.2. The Kier molecular flexibility index (Phi) is 12.4. The molecule has 0 fully saturated rings. The predicted octanol–water partition coefficient (Wildman–Crippen LogP) is 7.22. The van der Waals surface area contributed by atoms with Crippen LogP contribution in [0.1, 0.15) is 48.8 Å². The minimum Gasteiger partial charge on any atom is -0.461 e. The van der Waals surface area contributed by atoms with E-state index in [2.05, 4.69) is 16.7 Å². The first-order chi connectivity index (χ1) is 19.0. The van der Waals surface area contributed by atoms with E-state index >= 15 is 0 Å². The van der Waals surface area contributed by atoms with Crippen LogP contribution in [0.4, 0.5) is 11.4 Å². The Bertz CT molecular complexity index is 1370. The van der Waals surface area contributed by atoms with E-state index in [1.165, 1.54) is 4.68 Å². The van der Waals surface area contributed by atoms with E-state index in [-0.39, 0.29) is 0 Å². The molecule has 0 amide bonds.